The molecule has 3 aromatic carbocycles. The van der Waals surface area contributed by atoms with Crippen molar-refractivity contribution in [1.29, 1.82) is 0 Å². The number of nitrogens with zero attached hydrogens (tertiary/aromatic N) is 3. The Hall–Kier alpha value is -4.08. The molecule has 0 radical (unpaired) electrons. The number of hydrogen-bond donors (Lipinski definition) is 0. The van der Waals surface area contributed by atoms with E-state index in [9.17, 15) is 0 Å². The first-order valence-corrected chi connectivity index (χ1v) is 14.4. The second-order valence-electron chi connectivity index (χ2n) is 10.0. The fourth-order valence-corrected chi connectivity index (χ4v) is 4.79. The van der Waals surface area contributed by atoms with Crippen LogP contribution < -0.4 is 4.90 Å². The summed E-state index contributed by atoms with van der Waals surface area (Å²) >= 11 is 0. The standard InChI is InChI=1S/C36H41N3/c1-4-5-6-7-8-9-10-11-12-13-14-31-15-21-34(22-16-31)39(35-23-17-32(18-24-35)27-29-37-2)36-25-19-33(20-26-36)28-30-38-3/h15-30H,4-14H2,1H3. The average Bonchev–Trinajstić information content (AvgIpc) is 2.98. The summed E-state index contributed by atoms with van der Waals surface area (Å²) in [6.07, 6.45) is 21.3. The zero-order chi connectivity index (χ0) is 27.5. The lowest BCUT2D eigenvalue weighted by Gasteiger charge is -2.26. The van der Waals surface area contributed by atoms with Gasteiger partial charge in [-0.15, -0.1) is 0 Å². The molecule has 3 aromatic rings. The highest BCUT2D eigenvalue weighted by molar-refractivity contribution is 5.77. The van der Waals surface area contributed by atoms with Crippen LogP contribution in [0.2, 0.25) is 0 Å². The van der Waals surface area contributed by atoms with Crippen molar-refractivity contribution < 1.29 is 0 Å². The minimum absolute atomic E-state index is 1.00. The van der Waals surface area contributed by atoms with Gasteiger partial charge in [0.25, 0.3) is 0 Å². The Bertz CT molecular complexity index is 1170. The SMILES string of the molecule is [C-]#[N+]C=Cc1ccc(N(c2ccc(C=C[N+]#[C-])cc2)c2ccc(CCCCCCCCCCCC)cc2)cc1. The Morgan fingerprint density at radius 2 is 0.923 bits per heavy atom. The van der Waals surface area contributed by atoms with Crippen LogP contribution in [-0.2, 0) is 6.42 Å². The molecule has 0 fully saturated rings. The van der Waals surface area contributed by atoms with Crippen molar-refractivity contribution in [3.05, 3.63) is 125 Å². The Balaban J connectivity index is 1.64. The van der Waals surface area contributed by atoms with Gasteiger partial charge in [-0.2, -0.15) is 0 Å². The molecule has 0 amide bonds. The molecule has 0 spiro atoms. The fraction of sp³-hybridized carbons (Fsp3) is 0.333. The molecule has 0 atom stereocenters. The van der Waals surface area contributed by atoms with Crippen molar-refractivity contribution in [1.82, 2.24) is 0 Å². The molecular formula is C36H41N3. The van der Waals surface area contributed by atoms with E-state index in [1.807, 2.05) is 36.4 Å². The quantitative estimate of drug-likeness (QED) is 0.136. The molecule has 0 aliphatic heterocycles. The third-order valence-electron chi connectivity index (χ3n) is 7.00. The molecular weight excluding hydrogens is 474 g/mol. The normalized spacial score (nSPS) is 11.1. The molecule has 0 saturated carbocycles. The number of rotatable bonds is 16. The first-order valence-electron chi connectivity index (χ1n) is 14.4. The van der Waals surface area contributed by atoms with Crippen molar-refractivity contribution in [2.24, 2.45) is 0 Å². The van der Waals surface area contributed by atoms with Gasteiger partial charge in [0.1, 0.15) is 0 Å². The van der Waals surface area contributed by atoms with E-state index >= 15 is 0 Å². The minimum atomic E-state index is 1.00. The summed E-state index contributed by atoms with van der Waals surface area (Å²) in [4.78, 5) is 8.86. The van der Waals surface area contributed by atoms with Gasteiger partial charge in [-0.25, -0.2) is 9.69 Å². The van der Waals surface area contributed by atoms with Crippen LogP contribution in [-0.4, -0.2) is 0 Å². The lowest BCUT2D eigenvalue weighted by atomic mass is 10.0. The summed E-state index contributed by atoms with van der Waals surface area (Å²) in [5.41, 5.74) is 6.61. The number of anilines is 3. The van der Waals surface area contributed by atoms with Gasteiger partial charge in [0.05, 0.1) is 13.1 Å². The average molecular weight is 516 g/mol. The molecule has 0 aliphatic rings. The maximum absolute atomic E-state index is 6.98. The predicted octanol–water partition coefficient (Wildman–Crippen LogP) is 11.4. The van der Waals surface area contributed by atoms with E-state index in [-0.39, 0.29) is 0 Å². The summed E-state index contributed by atoms with van der Waals surface area (Å²) in [6, 6.07) is 25.5. The van der Waals surface area contributed by atoms with Crippen LogP contribution in [0.5, 0.6) is 0 Å². The topological polar surface area (TPSA) is 12.0 Å². The van der Waals surface area contributed by atoms with Gasteiger partial charge in [-0.3, -0.25) is 0 Å². The number of hydrogen-bond acceptors (Lipinski definition) is 1. The zero-order valence-corrected chi connectivity index (χ0v) is 23.4. The Kier molecular flexibility index (Phi) is 13.2. The minimum Gasteiger partial charge on any atom is -0.311 e. The van der Waals surface area contributed by atoms with Crippen molar-refractivity contribution in [3.8, 4) is 0 Å². The fourth-order valence-electron chi connectivity index (χ4n) is 4.79. The highest BCUT2D eigenvalue weighted by atomic mass is 15.1. The van der Waals surface area contributed by atoms with Crippen molar-refractivity contribution in [3.63, 3.8) is 0 Å². The molecule has 0 aliphatic carbocycles. The number of benzene rings is 3. The molecule has 0 bridgehead atoms. The Morgan fingerprint density at radius 1 is 0.538 bits per heavy atom. The van der Waals surface area contributed by atoms with Gasteiger partial charge in [0.15, 0.2) is 12.4 Å². The van der Waals surface area contributed by atoms with Crippen LogP contribution in [0.4, 0.5) is 17.1 Å². The summed E-state index contributed by atoms with van der Waals surface area (Å²) in [7, 11) is 0. The Morgan fingerprint density at radius 3 is 1.33 bits per heavy atom. The van der Waals surface area contributed by atoms with Gasteiger partial charge in [-0.05, 0) is 65.9 Å². The summed E-state index contributed by atoms with van der Waals surface area (Å²) in [5.74, 6) is 0. The number of aryl methyl sites for hydroxylation is 1. The van der Waals surface area contributed by atoms with Gasteiger partial charge < -0.3 is 4.90 Å². The monoisotopic (exact) mass is 515 g/mol. The van der Waals surface area contributed by atoms with Crippen LogP contribution in [0.1, 0.15) is 87.8 Å². The van der Waals surface area contributed by atoms with Crippen LogP contribution in [0, 0.1) is 13.1 Å². The summed E-state index contributed by atoms with van der Waals surface area (Å²) in [6.45, 7) is 16.2. The van der Waals surface area contributed by atoms with E-state index in [4.69, 9.17) is 13.1 Å². The predicted molar refractivity (Wildman–Crippen MR) is 168 cm³/mol. The second-order valence-corrected chi connectivity index (χ2v) is 10.0. The van der Waals surface area contributed by atoms with Crippen LogP contribution in [0.3, 0.4) is 0 Å². The summed E-state index contributed by atoms with van der Waals surface area (Å²) in [5, 5.41) is 0. The van der Waals surface area contributed by atoms with Gasteiger partial charge >= 0.3 is 0 Å². The van der Waals surface area contributed by atoms with E-state index in [0.29, 0.717) is 0 Å². The molecule has 0 N–H and O–H groups in total. The molecule has 0 unspecified atom stereocenters. The van der Waals surface area contributed by atoms with Crippen LogP contribution in [0.15, 0.2) is 85.2 Å². The smallest absolute Gasteiger partial charge is 0.154 e. The first kappa shape index (κ1) is 29.5. The molecule has 0 saturated heterocycles. The van der Waals surface area contributed by atoms with E-state index in [1.165, 1.54) is 82.2 Å². The maximum Gasteiger partial charge on any atom is 0.154 e. The molecule has 0 aromatic heterocycles. The molecule has 3 nitrogen and oxygen atoms in total. The molecule has 200 valence electrons. The Labute approximate surface area is 236 Å². The largest absolute Gasteiger partial charge is 0.311 e. The first-order chi connectivity index (χ1) is 19.2. The van der Waals surface area contributed by atoms with Crippen molar-refractivity contribution in [2.75, 3.05) is 4.90 Å². The maximum atomic E-state index is 6.98. The van der Waals surface area contributed by atoms with Gasteiger partial charge in [0.2, 0.25) is 0 Å². The van der Waals surface area contributed by atoms with E-state index in [0.717, 1.165) is 34.6 Å². The van der Waals surface area contributed by atoms with Crippen LogP contribution >= 0.6 is 0 Å². The van der Waals surface area contributed by atoms with E-state index < -0.39 is 0 Å². The second kappa shape index (κ2) is 17.4. The van der Waals surface area contributed by atoms with Crippen molar-refractivity contribution >= 4 is 29.2 Å². The van der Waals surface area contributed by atoms with E-state index in [1.54, 1.807) is 0 Å². The summed E-state index contributed by atoms with van der Waals surface area (Å²) < 4.78 is 0. The van der Waals surface area contributed by atoms with E-state index in [2.05, 4.69) is 70.0 Å². The lowest BCUT2D eigenvalue weighted by molar-refractivity contribution is 0.556. The lowest BCUT2D eigenvalue weighted by Crippen LogP contribution is -2.10. The van der Waals surface area contributed by atoms with Gasteiger partial charge in [0, 0.05) is 17.1 Å². The highest BCUT2D eigenvalue weighted by Crippen LogP contribution is 2.35. The molecule has 0 heterocycles. The molecule has 39 heavy (non-hydrogen) atoms. The zero-order valence-electron chi connectivity index (χ0n) is 23.4. The molecule has 3 heteroatoms. The third-order valence-corrected chi connectivity index (χ3v) is 7.00. The number of unbranched alkanes of at least 4 members (excludes halogenated alkanes) is 9. The highest BCUT2D eigenvalue weighted by Gasteiger charge is 2.12. The third kappa shape index (κ3) is 10.3. The van der Waals surface area contributed by atoms with Crippen molar-refractivity contribution in [2.45, 2.75) is 77.6 Å². The molecule has 3 rings (SSSR count). The van der Waals surface area contributed by atoms with Gasteiger partial charge in [-0.1, -0.05) is 113 Å². The van der Waals surface area contributed by atoms with Crippen LogP contribution in [0.25, 0.3) is 21.8 Å².